The average molecular weight is 438 g/mol. The number of hydrogen-bond donors (Lipinski definition) is 0. The van der Waals surface area contributed by atoms with E-state index in [0.717, 1.165) is 54.5 Å². The first-order valence-corrected chi connectivity index (χ1v) is 10.3. The van der Waals surface area contributed by atoms with Gasteiger partial charge in [-0.05, 0) is 35.4 Å². The second-order valence-corrected chi connectivity index (χ2v) is 7.20. The van der Waals surface area contributed by atoms with Gasteiger partial charge in [0.2, 0.25) is 0 Å². The fourth-order valence-electron chi connectivity index (χ4n) is 3.52. The molecule has 1 aliphatic rings. The monoisotopic (exact) mass is 437 g/mol. The molecule has 4 rings (SSSR count). The van der Waals surface area contributed by atoms with Gasteiger partial charge in [0.05, 0.1) is 32.1 Å². The largest absolute Gasteiger partial charge is 0.495 e. The first-order chi connectivity index (χ1) is 14.8. The zero-order valence-corrected chi connectivity index (χ0v) is 18.5. The normalized spacial score (nSPS) is 13.7. The molecule has 6 heteroatoms. The number of piperazine rings is 1. The third-order valence-corrected chi connectivity index (χ3v) is 5.16. The second kappa shape index (κ2) is 11.3. The highest BCUT2D eigenvalue weighted by Gasteiger charge is 2.18. The van der Waals surface area contributed by atoms with E-state index in [-0.39, 0.29) is 12.4 Å². The summed E-state index contributed by atoms with van der Waals surface area (Å²) in [5.41, 5.74) is 3.34. The lowest BCUT2D eigenvalue weighted by molar-refractivity contribution is 0.271. The molecule has 1 fully saturated rings. The predicted molar refractivity (Wildman–Crippen MR) is 129 cm³/mol. The maximum Gasteiger partial charge on any atom is 0.142 e. The van der Waals surface area contributed by atoms with Crippen LogP contribution in [0, 0.1) is 0 Å². The maximum absolute atomic E-state index is 5.92. The third kappa shape index (κ3) is 6.15. The molecule has 0 bridgehead atoms. The first kappa shape index (κ1) is 22.5. The lowest BCUT2D eigenvalue weighted by Gasteiger charge is -2.35. The number of anilines is 1. The third-order valence-electron chi connectivity index (χ3n) is 5.16. The van der Waals surface area contributed by atoms with Crippen LogP contribution in [-0.2, 0) is 6.61 Å². The molecular formula is C25H28ClN3O2. The molecule has 162 valence electrons. The Balaban J connectivity index is 0.00000272. The molecule has 0 radical (unpaired) electrons. The van der Waals surface area contributed by atoms with Crippen LogP contribution in [0.4, 0.5) is 5.69 Å². The Hall–Kier alpha value is -3.18. The summed E-state index contributed by atoms with van der Waals surface area (Å²) in [5, 5.41) is 6.79. The molecule has 1 heterocycles. The molecule has 0 amide bonds. The van der Waals surface area contributed by atoms with E-state index < -0.39 is 0 Å². The Bertz CT molecular complexity index is 973. The topological polar surface area (TPSA) is 37.3 Å². The number of para-hydroxylation sites is 2. The zero-order valence-electron chi connectivity index (χ0n) is 17.7. The summed E-state index contributed by atoms with van der Waals surface area (Å²) >= 11 is 0. The minimum atomic E-state index is 0. The quantitative estimate of drug-likeness (QED) is 0.495. The molecule has 0 N–H and O–H groups in total. The standard InChI is InChI=1S/C25H27N3O2.ClH/c1-29-25-13-6-5-12-24(25)27-14-16-28(17-15-27)26-19-22-10-7-11-23(18-22)30-20-21-8-3-2-4-9-21;/h2-13,18-19H,14-17,20H2,1H3;1H/b26-19+;. The Morgan fingerprint density at radius 2 is 1.61 bits per heavy atom. The van der Waals surface area contributed by atoms with Crippen LogP contribution in [0.15, 0.2) is 84.0 Å². The average Bonchev–Trinajstić information content (AvgIpc) is 2.83. The molecule has 0 aliphatic carbocycles. The van der Waals surface area contributed by atoms with Gasteiger partial charge in [-0.1, -0.05) is 54.6 Å². The Labute approximate surface area is 190 Å². The molecular weight excluding hydrogens is 410 g/mol. The van der Waals surface area contributed by atoms with Gasteiger partial charge >= 0.3 is 0 Å². The fraction of sp³-hybridized carbons (Fsp3) is 0.240. The van der Waals surface area contributed by atoms with Gasteiger partial charge in [0.1, 0.15) is 18.1 Å². The van der Waals surface area contributed by atoms with E-state index in [0.29, 0.717) is 6.61 Å². The van der Waals surface area contributed by atoms with Gasteiger partial charge in [-0.2, -0.15) is 5.10 Å². The van der Waals surface area contributed by atoms with Crippen LogP contribution in [0.25, 0.3) is 0 Å². The van der Waals surface area contributed by atoms with Gasteiger partial charge in [-0.25, -0.2) is 0 Å². The smallest absolute Gasteiger partial charge is 0.142 e. The summed E-state index contributed by atoms with van der Waals surface area (Å²) in [4.78, 5) is 2.35. The molecule has 5 nitrogen and oxygen atoms in total. The lowest BCUT2D eigenvalue weighted by atomic mass is 10.2. The van der Waals surface area contributed by atoms with Crippen LogP contribution >= 0.6 is 12.4 Å². The molecule has 1 saturated heterocycles. The summed E-state index contributed by atoms with van der Waals surface area (Å²) in [5.74, 6) is 1.77. The molecule has 3 aromatic rings. The van der Waals surface area contributed by atoms with Crippen molar-refractivity contribution in [3.8, 4) is 11.5 Å². The number of hydrogen-bond acceptors (Lipinski definition) is 5. The van der Waals surface area contributed by atoms with E-state index >= 15 is 0 Å². The van der Waals surface area contributed by atoms with Gasteiger partial charge in [0.15, 0.2) is 0 Å². The van der Waals surface area contributed by atoms with E-state index in [1.165, 1.54) is 0 Å². The molecule has 0 saturated carbocycles. The summed E-state index contributed by atoms with van der Waals surface area (Å²) in [6.45, 7) is 4.14. The van der Waals surface area contributed by atoms with Crippen molar-refractivity contribution in [2.45, 2.75) is 6.61 Å². The van der Waals surface area contributed by atoms with E-state index in [1.54, 1.807) is 7.11 Å². The molecule has 1 aliphatic heterocycles. The van der Waals surface area contributed by atoms with Crippen LogP contribution in [0.3, 0.4) is 0 Å². The van der Waals surface area contributed by atoms with Crippen LogP contribution in [0.2, 0.25) is 0 Å². The summed E-state index contributed by atoms with van der Waals surface area (Å²) < 4.78 is 11.4. The highest BCUT2D eigenvalue weighted by atomic mass is 35.5. The number of methoxy groups -OCH3 is 1. The van der Waals surface area contributed by atoms with Crippen LogP contribution in [-0.4, -0.2) is 44.5 Å². The number of halogens is 1. The van der Waals surface area contributed by atoms with E-state index in [2.05, 4.69) is 39.3 Å². The van der Waals surface area contributed by atoms with Gasteiger partial charge in [-0.3, -0.25) is 5.01 Å². The zero-order chi connectivity index (χ0) is 20.6. The summed E-state index contributed by atoms with van der Waals surface area (Å²) in [6, 6.07) is 26.4. The van der Waals surface area contributed by atoms with E-state index in [4.69, 9.17) is 9.47 Å². The first-order valence-electron chi connectivity index (χ1n) is 10.3. The SMILES string of the molecule is COc1ccccc1N1CCN(/N=C/c2cccc(OCc3ccccc3)c2)CC1.Cl. The van der Waals surface area contributed by atoms with Crippen molar-refractivity contribution in [1.29, 1.82) is 0 Å². The fourth-order valence-corrected chi connectivity index (χ4v) is 3.52. The lowest BCUT2D eigenvalue weighted by Crippen LogP contribution is -2.44. The van der Waals surface area contributed by atoms with E-state index in [1.807, 2.05) is 60.8 Å². The highest BCUT2D eigenvalue weighted by Crippen LogP contribution is 2.28. The van der Waals surface area contributed by atoms with Gasteiger partial charge < -0.3 is 14.4 Å². The Morgan fingerprint density at radius 1 is 0.871 bits per heavy atom. The Kier molecular flexibility index (Phi) is 8.19. The van der Waals surface area contributed by atoms with Crippen molar-refractivity contribution >= 4 is 24.3 Å². The number of benzene rings is 3. The van der Waals surface area contributed by atoms with Crippen LogP contribution < -0.4 is 14.4 Å². The highest BCUT2D eigenvalue weighted by molar-refractivity contribution is 5.85. The van der Waals surface area contributed by atoms with Crippen molar-refractivity contribution in [3.05, 3.63) is 90.0 Å². The molecule has 0 spiro atoms. The Morgan fingerprint density at radius 3 is 2.39 bits per heavy atom. The minimum Gasteiger partial charge on any atom is -0.495 e. The van der Waals surface area contributed by atoms with Crippen molar-refractivity contribution in [2.24, 2.45) is 5.10 Å². The van der Waals surface area contributed by atoms with E-state index in [9.17, 15) is 0 Å². The summed E-state index contributed by atoms with van der Waals surface area (Å²) in [7, 11) is 1.72. The van der Waals surface area contributed by atoms with Crippen LogP contribution in [0.1, 0.15) is 11.1 Å². The molecule has 0 unspecified atom stereocenters. The number of hydrazone groups is 1. The van der Waals surface area contributed by atoms with Crippen molar-refractivity contribution in [3.63, 3.8) is 0 Å². The van der Waals surface area contributed by atoms with Crippen molar-refractivity contribution in [1.82, 2.24) is 5.01 Å². The van der Waals surface area contributed by atoms with Gasteiger partial charge in [-0.15, -0.1) is 12.4 Å². The van der Waals surface area contributed by atoms with Crippen molar-refractivity contribution in [2.75, 3.05) is 38.2 Å². The second-order valence-electron chi connectivity index (χ2n) is 7.20. The molecule has 0 atom stereocenters. The molecule has 0 aromatic heterocycles. The number of rotatable bonds is 7. The van der Waals surface area contributed by atoms with Gasteiger partial charge in [0, 0.05) is 13.1 Å². The van der Waals surface area contributed by atoms with Crippen molar-refractivity contribution < 1.29 is 9.47 Å². The predicted octanol–water partition coefficient (Wildman–Crippen LogP) is 4.85. The summed E-state index contributed by atoms with van der Waals surface area (Å²) in [6.07, 6.45) is 1.91. The molecule has 3 aromatic carbocycles. The maximum atomic E-state index is 5.92. The molecule has 31 heavy (non-hydrogen) atoms. The van der Waals surface area contributed by atoms with Gasteiger partial charge in [0.25, 0.3) is 0 Å². The van der Waals surface area contributed by atoms with Crippen LogP contribution in [0.5, 0.6) is 11.5 Å². The minimum absolute atomic E-state index is 0. The number of ether oxygens (including phenoxy) is 2. The number of nitrogens with zero attached hydrogens (tertiary/aromatic N) is 3.